The average Bonchev–Trinajstić information content (AvgIpc) is 2.95. The molecule has 0 radical (unpaired) electrons. The van der Waals surface area contributed by atoms with Gasteiger partial charge in [0.25, 0.3) is 0 Å². The van der Waals surface area contributed by atoms with E-state index in [0.29, 0.717) is 0 Å². The molecule has 0 fully saturated rings. The summed E-state index contributed by atoms with van der Waals surface area (Å²) in [5, 5.41) is 0.907. The molecule has 4 nitrogen and oxygen atoms in total. The van der Waals surface area contributed by atoms with Gasteiger partial charge in [0.15, 0.2) is 0 Å². The van der Waals surface area contributed by atoms with Crippen molar-refractivity contribution < 1.29 is 4.39 Å². The molecule has 0 saturated carbocycles. The van der Waals surface area contributed by atoms with Crippen LogP contribution in [-0.2, 0) is 13.1 Å². The number of rotatable bonds is 4. The third-order valence-corrected chi connectivity index (χ3v) is 3.43. The number of hydrogen-bond acceptors (Lipinski definition) is 2. The Hall–Kier alpha value is -2.14. The Bertz CT molecular complexity index is 728. The molecule has 2 heterocycles. The molecule has 0 bridgehead atoms. The van der Waals surface area contributed by atoms with Gasteiger partial charge >= 0.3 is 0 Å². The van der Waals surface area contributed by atoms with Crippen molar-refractivity contribution in [2.24, 2.45) is 0 Å². The summed E-state index contributed by atoms with van der Waals surface area (Å²) in [4.78, 5) is 12.9. The van der Waals surface area contributed by atoms with Gasteiger partial charge in [-0.2, -0.15) is 0 Å². The van der Waals surface area contributed by atoms with E-state index in [1.54, 1.807) is 18.5 Å². The summed E-state index contributed by atoms with van der Waals surface area (Å²) < 4.78 is 13.2. The molecular weight excluding hydrogens is 255 g/mol. The molecule has 0 unspecified atom stereocenters. The Morgan fingerprint density at radius 3 is 2.85 bits per heavy atom. The second-order valence-electron chi connectivity index (χ2n) is 5.17. The van der Waals surface area contributed by atoms with E-state index in [0.717, 1.165) is 41.1 Å². The molecule has 20 heavy (non-hydrogen) atoms. The summed E-state index contributed by atoms with van der Waals surface area (Å²) in [6.07, 6.45) is 1.71. The van der Waals surface area contributed by atoms with Crippen molar-refractivity contribution >= 4 is 10.9 Å². The Kier molecular flexibility index (Phi) is 3.28. The third-order valence-electron chi connectivity index (χ3n) is 3.43. The average molecular weight is 272 g/mol. The molecule has 0 amide bonds. The number of H-pyrrole nitrogens is 2. The van der Waals surface area contributed by atoms with Gasteiger partial charge in [0.05, 0.1) is 12.0 Å². The van der Waals surface area contributed by atoms with E-state index >= 15 is 0 Å². The maximum absolute atomic E-state index is 13.2. The molecule has 2 N–H and O–H groups in total. The molecule has 5 heteroatoms. The van der Waals surface area contributed by atoms with Crippen molar-refractivity contribution in [2.75, 3.05) is 7.05 Å². The van der Waals surface area contributed by atoms with E-state index in [1.165, 1.54) is 6.07 Å². The van der Waals surface area contributed by atoms with E-state index in [-0.39, 0.29) is 5.82 Å². The second-order valence-corrected chi connectivity index (χ2v) is 5.17. The first kappa shape index (κ1) is 12.9. The normalized spacial score (nSPS) is 11.6. The van der Waals surface area contributed by atoms with E-state index < -0.39 is 0 Å². The van der Waals surface area contributed by atoms with Crippen LogP contribution in [0.1, 0.15) is 17.1 Å². The summed E-state index contributed by atoms with van der Waals surface area (Å²) in [7, 11) is 2.04. The molecule has 0 aliphatic carbocycles. The number of imidazole rings is 1. The number of aromatic amines is 2. The summed E-state index contributed by atoms with van der Waals surface area (Å²) in [5.41, 5.74) is 4.18. The predicted molar refractivity (Wildman–Crippen MR) is 76.8 cm³/mol. The topological polar surface area (TPSA) is 47.7 Å². The molecule has 0 atom stereocenters. The standard InChI is InChI=1S/C15H17FN4/c1-10-15(18-9-17-10)8-20(2)7-13-6-11-5-12(16)3-4-14(11)19-13/h3-6,9,19H,7-8H2,1-2H3,(H,17,18). The summed E-state index contributed by atoms with van der Waals surface area (Å²) in [5.74, 6) is -0.205. The van der Waals surface area contributed by atoms with Crippen molar-refractivity contribution in [3.63, 3.8) is 0 Å². The number of nitrogens with one attached hydrogen (secondary N) is 2. The highest BCUT2D eigenvalue weighted by Crippen LogP contribution is 2.18. The summed E-state index contributed by atoms with van der Waals surface area (Å²) >= 11 is 0. The summed E-state index contributed by atoms with van der Waals surface area (Å²) in [6.45, 7) is 3.56. The van der Waals surface area contributed by atoms with Crippen LogP contribution in [0, 0.1) is 12.7 Å². The summed E-state index contributed by atoms with van der Waals surface area (Å²) in [6, 6.07) is 6.78. The maximum atomic E-state index is 13.2. The highest BCUT2D eigenvalue weighted by Gasteiger charge is 2.08. The number of aryl methyl sites for hydroxylation is 1. The van der Waals surface area contributed by atoms with E-state index in [4.69, 9.17) is 0 Å². The van der Waals surface area contributed by atoms with Crippen LogP contribution in [-0.4, -0.2) is 26.9 Å². The number of aromatic nitrogens is 3. The zero-order valence-corrected chi connectivity index (χ0v) is 11.6. The lowest BCUT2D eigenvalue weighted by Gasteiger charge is -2.14. The van der Waals surface area contributed by atoms with Crippen LogP contribution in [0.4, 0.5) is 4.39 Å². The van der Waals surface area contributed by atoms with Crippen LogP contribution >= 0.6 is 0 Å². The van der Waals surface area contributed by atoms with Gasteiger partial charge in [0, 0.05) is 35.4 Å². The van der Waals surface area contributed by atoms with Gasteiger partial charge in [-0.3, -0.25) is 4.90 Å². The van der Waals surface area contributed by atoms with Crippen LogP contribution in [0.25, 0.3) is 10.9 Å². The van der Waals surface area contributed by atoms with Gasteiger partial charge in [0.2, 0.25) is 0 Å². The lowest BCUT2D eigenvalue weighted by molar-refractivity contribution is 0.312. The second kappa shape index (κ2) is 5.09. The van der Waals surface area contributed by atoms with Gasteiger partial charge in [-0.15, -0.1) is 0 Å². The zero-order chi connectivity index (χ0) is 14.1. The first-order valence-corrected chi connectivity index (χ1v) is 6.56. The van der Waals surface area contributed by atoms with Crippen LogP contribution in [0.2, 0.25) is 0 Å². The third kappa shape index (κ3) is 2.58. The van der Waals surface area contributed by atoms with Crippen LogP contribution < -0.4 is 0 Å². The minimum atomic E-state index is -0.205. The molecule has 0 spiro atoms. The van der Waals surface area contributed by atoms with Crippen LogP contribution in [0.5, 0.6) is 0 Å². The number of hydrogen-bond donors (Lipinski definition) is 2. The van der Waals surface area contributed by atoms with Gasteiger partial charge in [0.1, 0.15) is 5.82 Å². The molecule has 104 valence electrons. The Morgan fingerprint density at radius 2 is 2.10 bits per heavy atom. The van der Waals surface area contributed by atoms with Crippen molar-refractivity contribution in [3.8, 4) is 0 Å². The fraction of sp³-hybridized carbons (Fsp3) is 0.267. The molecular formula is C15H17FN4. The fourth-order valence-electron chi connectivity index (χ4n) is 2.40. The minimum absolute atomic E-state index is 0.205. The molecule has 0 saturated heterocycles. The van der Waals surface area contributed by atoms with E-state index in [1.807, 2.05) is 20.0 Å². The van der Waals surface area contributed by atoms with Crippen molar-refractivity contribution in [1.29, 1.82) is 0 Å². The Morgan fingerprint density at radius 1 is 1.25 bits per heavy atom. The Labute approximate surface area is 116 Å². The lowest BCUT2D eigenvalue weighted by Crippen LogP contribution is -2.18. The quantitative estimate of drug-likeness (QED) is 0.767. The first-order valence-electron chi connectivity index (χ1n) is 6.56. The van der Waals surface area contributed by atoms with Crippen molar-refractivity contribution in [1.82, 2.24) is 19.9 Å². The van der Waals surface area contributed by atoms with Gasteiger partial charge in [-0.1, -0.05) is 0 Å². The molecule has 3 aromatic rings. The molecule has 0 aliphatic rings. The largest absolute Gasteiger partial charge is 0.357 e. The molecule has 3 rings (SSSR count). The SMILES string of the molecule is Cc1[nH]cnc1CN(C)Cc1cc2cc(F)ccc2[nH]1. The Balaban J connectivity index is 1.74. The number of fused-ring (bicyclic) bond motifs is 1. The predicted octanol–water partition coefficient (Wildman–Crippen LogP) is 2.97. The lowest BCUT2D eigenvalue weighted by atomic mass is 10.2. The number of nitrogens with zero attached hydrogens (tertiary/aromatic N) is 2. The van der Waals surface area contributed by atoms with Crippen LogP contribution in [0.15, 0.2) is 30.6 Å². The zero-order valence-electron chi connectivity index (χ0n) is 11.6. The van der Waals surface area contributed by atoms with Gasteiger partial charge in [-0.25, -0.2) is 9.37 Å². The van der Waals surface area contributed by atoms with Gasteiger partial charge in [-0.05, 0) is 38.2 Å². The highest BCUT2D eigenvalue weighted by molar-refractivity contribution is 5.80. The maximum Gasteiger partial charge on any atom is 0.123 e. The first-order chi connectivity index (χ1) is 9.61. The smallest absolute Gasteiger partial charge is 0.123 e. The highest BCUT2D eigenvalue weighted by atomic mass is 19.1. The van der Waals surface area contributed by atoms with Crippen molar-refractivity contribution in [2.45, 2.75) is 20.0 Å². The van der Waals surface area contributed by atoms with E-state index in [2.05, 4.69) is 19.9 Å². The van der Waals surface area contributed by atoms with E-state index in [9.17, 15) is 4.39 Å². The number of benzene rings is 1. The molecule has 0 aliphatic heterocycles. The minimum Gasteiger partial charge on any atom is -0.357 e. The van der Waals surface area contributed by atoms with Crippen LogP contribution in [0.3, 0.4) is 0 Å². The molecule has 1 aromatic carbocycles. The monoisotopic (exact) mass is 272 g/mol. The van der Waals surface area contributed by atoms with Crippen molar-refractivity contribution in [3.05, 3.63) is 53.5 Å². The number of halogens is 1. The van der Waals surface area contributed by atoms with Gasteiger partial charge < -0.3 is 9.97 Å². The molecule has 2 aromatic heterocycles. The fourth-order valence-corrected chi connectivity index (χ4v) is 2.40.